The zero-order chi connectivity index (χ0) is 44.7. The van der Waals surface area contributed by atoms with Crippen LogP contribution in [0.2, 0.25) is 0 Å². The Bertz CT molecular complexity index is 2790. The Morgan fingerprint density at radius 1 is 0.438 bits per heavy atom. The predicted molar refractivity (Wildman–Crippen MR) is 247 cm³/mol. The van der Waals surface area contributed by atoms with Gasteiger partial charge in [-0.1, -0.05) is 84.9 Å². The number of carbonyl (C=O) groups excluding carboxylic acids is 4. The fourth-order valence-corrected chi connectivity index (χ4v) is 7.21. The standard InChI is InChI=1S/C50H40N6O8/c1-61-41-19-11-9-17-37(41)51-49(59)35-25-31-13-5-7-15-33(31)45(47(35)57)55-53-39-23-21-29(27-43(39)63-3)30-22-24-40(44(28-30)64-4)54-56-46-34-16-8-6-14-32(34)26-36(48(46)58)50(60)52-38-18-10-12-20-42(38)62-2/h5-28,53-54H,1-4H3,(H,51,59)(H,52,60). The van der Waals surface area contributed by atoms with Crippen molar-refractivity contribution in [1.82, 2.24) is 0 Å². The van der Waals surface area contributed by atoms with Crippen molar-refractivity contribution in [3.05, 3.63) is 167 Å². The Morgan fingerprint density at radius 3 is 1.22 bits per heavy atom. The van der Waals surface area contributed by atoms with Gasteiger partial charge in [0, 0.05) is 11.1 Å². The lowest BCUT2D eigenvalue weighted by Gasteiger charge is -2.19. The van der Waals surface area contributed by atoms with Gasteiger partial charge in [-0.25, -0.2) is 0 Å². The van der Waals surface area contributed by atoms with E-state index in [-0.39, 0.29) is 22.6 Å². The average molecular weight is 853 g/mol. The summed E-state index contributed by atoms with van der Waals surface area (Å²) in [5.74, 6) is -0.598. The zero-order valence-electron chi connectivity index (χ0n) is 35.0. The number of anilines is 4. The topological polar surface area (TPSA) is 178 Å². The molecule has 0 aromatic heterocycles. The molecular weight excluding hydrogens is 813 g/mol. The fourth-order valence-electron chi connectivity index (χ4n) is 7.21. The van der Waals surface area contributed by atoms with Crippen molar-refractivity contribution in [3.8, 4) is 34.1 Å². The van der Waals surface area contributed by atoms with Gasteiger partial charge in [-0.3, -0.25) is 30.0 Å². The van der Waals surface area contributed by atoms with Gasteiger partial charge in [0.25, 0.3) is 11.8 Å². The summed E-state index contributed by atoms with van der Waals surface area (Å²) >= 11 is 0. The summed E-state index contributed by atoms with van der Waals surface area (Å²) in [4.78, 5) is 54.7. The van der Waals surface area contributed by atoms with Crippen molar-refractivity contribution in [2.24, 2.45) is 10.2 Å². The Kier molecular flexibility index (Phi) is 12.1. The van der Waals surface area contributed by atoms with Crippen molar-refractivity contribution in [2.75, 3.05) is 49.9 Å². The highest BCUT2D eigenvalue weighted by Gasteiger charge is 2.32. The maximum Gasteiger partial charge on any atom is 0.259 e. The van der Waals surface area contributed by atoms with Crippen LogP contribution in [0.15, 0.2) is 155 Å². The Hall–Kier alpha value is -8.78. The molecule has 0 heterocycles. The van der Waals surface area contributed by atoms with E-state index < -0.39 is 23.4 Å². The third kappa shape index (κ3) is 8.43. The van der Waals surface area contributed by atoms with Crippen LogP contribution < -0.4 is 40.4 Å². The number of benzene rings is 6. The van der Waals surface area contributed by atoms with E-state index in [1.807, 2.05) is 24.3 Å². The van der Waals surface area contributed by atoms with Crippen LogP contribution >= 0.6 is 0 Å². The Balaban J connectivity index is 1.02. The second kappa shape index (κ2) is 18.5. The molecule has 0 aliphatic heterocycles. The van der Waals surface area contributed by atoms with Crippen LogP contribution in [0.1, 0.15) is 22.3 Å². The Morgan fingerprint density at radius 2 is 0.812 bits per heavy atom. The molecular formula is C50H40N6O8. The minimum atomic E-state index is -0.605. The summed E-state index contributed by atoms with van der Waals surface area (Å²) in [7, 11) is 6.03. The van der Waals surface area contributed by atoms with Gasteiger partial charge < -0.3 is 29.6 Å². The number of hydrogen-bond acceptors (Lipinski definition) is 12. The van der Waals surface area contributed by atoms with Gasteiger partial charge in [-0.05, 0) is 82.9 Å². The number of methoxy groups -OCH3 is 4. The van der Waals surface area contributed by atoms with Crippen molar-refractivity contribution < 1.29 is 38.1 Å². The molecule has 0 unspecified atom stereocenters. The molecule has 2 aliphatic rings. The number of ether oxygens (including phenoxy) is 4. The fraction of sp³-hybridized carbons (Fsp3) is 0.0800. The van der Waals surface area contributed by atoms with Gasteiger partial charge in [0.2, 0.25) is 11.6 Å². The Labute approximate surface area is 367 Å². The maximum atomic E-state index is 13.9. The van der Waals surface area contributed by atoms with E-state index >= 15 is 0 Å². The third-order valence-corrected chi connectivity index (χ3v) is 10.5. The molecule has 0 spiro atoms. The molecule has 0 atom stereocenters. The van der Waals surface area contributed by atoms with Gasteiger partial charge >= 0.3 is 0 Å². The van der Waals surface area contributed by atoms with Gasteiger partial charge in [0.05, 0.1) is 62.3 Å². The first-order chi connectivity index (χ1) is 31.2. The number of hydrogen-bond donors (Lipinski definition) is 4. The van der Waals surface area contributed by atoms with Crippen LogP contribution in [0, 0.1) is 0 Å². The van der Waals surface area contributed by atoms with E-state index in [2.05, 4.69) is 31.7 Å². The van der Waals surface area contributed by atoms with Gasteiger partial charge in [0.1, 0.15) is 34.4 Å². The average Bonchev–Trinajstić information content (AvgIpc) is 3.33. The number of ketones is 2. The summed E-state index contributed by atoms with van der Waals surface area (Å²) in [6, 6.07) is 39.0. The summed E-state index contributed by atoms with van der Waals surface area (Å²) in [5, 5.41) is 14.6. The number of hydrazone groups is 2. The number of nitrogens with one attached hydrogen (secondary N) is 4. The van der Waals surface area contributed by atoms with Gasteiger partial charge in [-0.2, -0.15) is 10.2 Å². The first-order valence-corrected chi connectivity index (χ1v) is 19.9. The number of para-hydroxylation sites is 4. The summed E-state index contributed by atoms with van der Waals surface area (Å²) in [6.45, 7) is 0. The molecule has 64 heavy (non-hydrogen) atoms. The van der Waals surface area contributed by atoms with E-state index in [0.29, 0.717) is 68.0 Å². The third-order valence-electron chi connectivity index (χ3n) is 10.5. The molecule has 14 heteroatoms. The summed E-state index contributed by atoms with van der Waals surface area (Å²) in [6.07, 6.45) is 3.10. The van der Waals surface area contributed by atoms with Crippen LogP contribution in [0.5, 0.6) is 23.0 Å². The van der Waals surface area contributed by atoms with Crippen molar-refractivity contribution in [1.29, 1.82) is 0 Å². The number of carbonyl (C=O) groups is 4. The number of Topliss-reactive ketones (excluding diaryl/α,β-unsaturated/α-hetero) is 2. The quantitative estimate of drug-likeness (QED) is 0.0654. The van der Waals surface area contributed by atoms with Crippen molar-refractivity contribution in [2.45, 2.75) is 0 Å². The van der Waals surface area contributed by atoms with Crippen LogP contribution in [0.25, 0.3) is 23.3 Å². The minimum Gasteiger partial charge on any atom is -0.495 e. The van der Waals surface area contributed by atoms with Crippen LogP contribution in [-0.4, -0.2) is 63.2 Å². The molecule has 14 nitrogen and oxygen atoms in total. The molecule has 0 bridgehead atoms. The highest BCUT2D eigenvalue weighted by Crippen LogP contribution is 2.36. The minimum absolute atomic E-state index is 0.0487. The smallest absolute Gasteiger partial charge is 0.259 e. The molecule has 6 aromatic rings. The van der Waals surface area contributed by atoms with E-state index in [0.717, 1.165) is 11.1 Å². The van der Waals surface area contributed by atoms with Crippen molar-refractivity contribution in [3.63, 3.8) is 0 Å². The SMILES string of the molecule is COc1cc(-c2ccc(NN=C3C(=O)C(C(=O)Nc4ccccc4OC)=Cc4ccccc43)c(OC)c2)ccc1NN=C1C(=O)C(C(=O)Nc2ccccc2OC)=Cc2ccccc21. The lowest BCUT2D eigenvalue weighted by Crippen LogP contribution is -2.30. The first kappa shape index (κ1) is 41.9. The van der Waals surface area contributed by atoms with Gasteiger partial charge in [0.15, 0.2) is 0 Å². The summed E-state index contributed by atoms with van der Waals surface area (Å²) in [5.41, 5.74) is 11.6. The molecule has 0 saturated heterocycles. The molecule has 4 N–H and O–H groups in total. The molecule has 0 fully saturated rings. The maximum absolute atomic E-state index is 13.9. The molecule has 2 amide bonds. The molecule has 0 saturated carbocycles. The van der Waals surface area contributed by atoms with E-state index in [1.165, 1.54) is 28.4 Å². The van der Waals surface area contributed by atoms with E-state index in [4.69, 9.17) is 18.9 Å². The monoisotopic (exact) mass is 852 g/mol. The van der Waals surface area contributed by atoms with Crippen LogP contribution in [0.4, 0.5) is 22.7 Å². The predicted octanol–water partition coefficient (Wildman–Crippen LogP) is 8.23. The highest BCUT2D eigenvalue weighted by molar-refractivity contribution is 6.60. The summed E-state index contributed by atoms with van der Waals surface area (Å²) < 4.78 is 22.2. The van der Waals surface area contributed by atoms with Gasteiger partial charge in [-0.15, -0.1) is 0 Å². The largest absolute Gasteiger partial charge is 0.495 e. The number of rotatable bonds is 13. The molecule has 2 aliphatic carbocycles. The molecule has 6 aromatic carbocycles. The molecule has 8 rings (SSSR count). The van der Waals surface area contributed by atoms with E-state index in [1.54, 1.807) is 121 Å². The second-order valence-corrected chi connectivity index (χ2v) is 14.2. The number of fused-ring (bicyclic) bond motifs is 2. The van der Waals surface area contributed by atoms with Crippen LogP contribution in [-0.2, 0) is 19.2 Å². The van der Waals surface area contributed by atoms with Crippen molar-refractivity contribution >= 4 is 69.7 Å². The highest BCUT2D eigenvalue weighted by atomic mass is 16.5. The zero-order valence-corrected chi connectivity index (χ0v) is 35.0. The molecule has 318 valence electrons. The lowest BCUT2D eigenvalue weighted by molar-refractivity contribution is -0.118. The lowest BCUT2D eigenvalue weighted by atomic mass is 9.89. The molecule has 0 radical (unpaired) electrons. The first-order valence-electron chi connectivity index (χ1n) is 19.9. The van der Waals surface area contributed by atoms with E-state index in [9.17, 15) is 19.2 Å². The number of amides is 2. The second-order valence-electron chi connectivity index (χ2n) is 14.2. The number of nitrogens with zero attached hydrogens (tertiary/aromatic N) is 2. The normalized spacial score (nSPS) is 14.1. The van der Waals surface area contributed by atoms with Crippen LogP contribution in [0.3, 0.4) is 0 Å².